The van der Waals surface area contributed by atoms with E-state index in [0.29, 0.717) is 25.7 Å². The molecule has 0 spiro atoms. The molecule has 6 nitrogen and oxygen atoms in total. The summed E-state index contributed by atoms with van der Waals surface area (Å²) in [5, 5.41) is 0. The number of rotatable bonds is 17. The molecule has 10 aromatic rings. The van der Waals surface area contributed by atoms with E-state index in [-0.39, 0.29) is 11.9 Å². The summed E-state index contributed by atoms with van der Waals surface area (Å²) in [6, 6.07) is 86.3. The molecular formula is C70H60N2O4. The Morgan fingerprint density at radius 3 is 1.00 bits per heavy atom. The summed E-state index contributed by atoms with van der Waals surface area (Å²) in [6.45, 7) is 4.38. The molecule has 0 aliphatic rings. The molecule has 76 heavy (non-hydrogen) atoms. The van der Waals surface area contributed by atoms with Gasteiger partial charge in [0.1, 0.15) is 0 Å². The van der Waals surface area contributed by atoms with Gasteiger partial charge in [-0.15, -0.1) is 0 Å². The van der Waals surface area contributed by atoms with E-state index >= 15 is 0 Å². The summed E-state index contributed by atoms with van der Waals surface area (Å²) in [5.74, 6) is -0.441. The number of ether oxygens (including phenoxy) is 2. The second kappa shape index (κ2) is 23.3. The highest BCUT2D eigenvalue weighted by Gasteiger charge is 2.22. The molecule has 0 N–H and O–H groups in total. The van der Waals surface area contributed by atoms with Gasteiger partial charge in [0.25, 0.3) is 0 Å². The predicted octanol–water partition coefficient (Wildman–Crippen LogP) is 17.8. The highest BCUT2D eigenvalue weighted by molar-refractivity contribution is 5.92. The van der Waals surface area contributed by atoms with E-state index in [1.54, 1.807) is 0 Å². The monoisotopic (exact) mass is 992 g/mol. The summed E-state index contributed by atoms with van der Waals surface area (Å²) < 4.78 is 9.89. The SMILES string of the molecule is COC(=O)CCc1ccc(N(c2ccc(-c3ccc(N(c4ccc(CCC(=O)OC)cc4)c4ccccc4-c4ccc(-c5ccccc5)cc4)c(C)c3)cc2C)c2ccccc2-c2ccc(-c3ccccc3)cc2)cc1. The first-order valence-electron chi connectivity index (χ1n) is 25.9. The van der Waals surface area contributed by atoms with Crippen LogP contribution in [0.1, 0.15) is 35.1 Å². The Morgan fingerprint density at radius 1 is 0.329 bits per heavy atom. The minimum Gasteiger partial charge on any atom is -0.469 e. The smallest absolute Gasteiger partial charge is 0.305 e. The van der Waals surface area contributed by atoms with E-state index in [1.807, 2.05) is 12.1 Å². The van der Waals surface area contributed by atoms with E-state index < -0.39 is 0 Å². The first kappa shape index (κ1) is 50.3. The second-order valence-electron chi connectivity index (χ2n) is 19.1. The lowest BCUT2D eigenvalue weighted by Crippen LogP contribution is -2.13. The standard InChI is InChI=1S/C70H60N2O4/c1-49-47-59(37-43-65(49)71(61-39-23-51(24-40-61)27-45-69(73)75-3)67-21-13-11-19-63(67)57-33-29-55(30-34-57)53-15-7-5-8-16-53)60-38-44-66(50(2)48-60)72(62-41-25-52(26-42-62)28-46-70(74)76-4)68-22-14-12-20-64(68)58-35-31-56(32-36-58)54-17-9-6-10-18-54/h5-26,29-44,47-48H,27-28,45-46H2,1-4H3. The van der Waals surface area contributed by atoms with E-state index in [4.69, 9.17) is 9.47 Å². The van der Waals surface area contributed by atoms with Crippen LogP contribution in [-0.2, 0) is 31.9 Å². The molecule has 0 saturated carbocycles. The quantitative estimate of drug-likeness (QED) is 0.0847. The minimum absolute atomic E-state index is 0.220. The topological polar surface area (TPSA) is 59.1 Å². The zero-order valence-corrected chi connectivity index (χ0v) is 43.4. The molecule has 0 aliphatic carbocycles. The molecule has 0 aromatic heterocycles. The number of para-hydroxylation sites is 2. The van der Waals surface area contributed by atoms with Gasteiger partial charge in [-0.1, -0.05) is 182 Å². The van der Waals surface area contributed by atoms with Gasteiger partial charge in [0.2, 0.25) is 0 Å². The summed E-state index contributed by atoms with van der Waals surface area (Å²) >= 11 is 0. The third kappa shape index (κ3) is 11.3. The maximum Gasteiger partial charge on any atom is 0.305 e. The Bertz CT molecular complexity index is 3350. The van der Waals surface area contributed by atoms with Crippen molar-refractivity contribution >= 4 is 46.1 Å². The van der Waals surface area contributed by atoms with Crippen LogP contribution in [0, 0.1) is 13.8 Å². The molecule has 10 aromatic carbocycles. The molecule has 0 saturated heterocycles. The van der Waals surface area contributed by atoms with Crippen LogP contribution in [-0.4, -0.2) is 26.2 Å². The molecule has 0 atom stereocenters. The van der Waals surface area contributed by atoms with Crippen LogP contribution < -0.4 is 9.80 Å². The van der Waals surface area contributed by atoms with Crippen molar-refractivity contribution in [2.45, 2.75) is 39.5 Å². The fourth-order valence-electron chi connectivity index (χ4n) is 10.1. The summed E-state index contributed by atoms with van der Waals surface area (Å²) in [7, 11) is 2.86. The molecule has 0 bridgehead atoms. The Kier molecular flexibility index (Phi) is 15.4. The number of esters is 2. The van der Waals surface area contributed by atoms with Gasteiger partial charge >= 0.3 is 11.9 Å². The number of carbonyl (C=O) groups is 2. The maximum absolute atomic E-state index is 12.1. The van der Waals surface area contributed by atoms with Crippen molar-refractivity contribution in [3.63, 3.8) is 0 Å². The van der Waals surface area contributed by atoms with E-state index in [0.717, 1.165) is 89.8 Å². The van der Waals surface area contributed by atoms with Gasteiger partial charge in [-0.25, -0.2) is 0 Å². The summed E-state index contributed by atoms with van der Waals surface area (Å²) in [5.41, 5.74) is 22.0. The number of aryl methyl sites for hydroxylation is 4. The number of carbonyl (C=O) groups excluding carboxylic acids is 2. The van der Waals surface area contributed by atoms with Crippen molar-refractivity contribution in [3.05, 3.63) is 265 Å². The maximum atomic E-state index is 12.1. The average molecular weight is 993 g/mol. The van der Waals surface area contributed by atoms with Gasteiger partial charge in [-0.3, -0.25) is 9.59 Å². The Hall–Kier alpha value is -9.26. The molecule has 0 amide bonds. The molecule has 0 heterocycles. The Labute approximate surface area is 447 Å². The van der Waals surface area contributed by atoms with Gasteiger partial charge in [0, 0.05) is 46.7 Å². The van der Waals surface area contributed by atoms with Crippen molar-refractivity contribution in [3.8, 4) is 55.6 Å². The van der Waals surface area contributed by atoms with Crippen molar-refractivity contribution in [1.29, 1.82) is 0 Å². The number of hydrogen-bond acceptors (Lipinski definition) is 6. The summed E-state index contributed by atoms with van der Waals surface area (Å²) in [6.07, 6.45) is 1.84. The van der Waals surface area contributed by atoms with E-state index in [1.165, 1.54) is 36.5 Å². The lowest BCUT2D eigenvalue weighted by atomic mass is 9.96. The van der Waals surface area contributed by atoms with Gasteiger partial charge in [-0.05, 0) is 154 Å². The van der Waals surface area contributed by atoms with Crippen LogP contribution in [0.3, 0.4) is 0 Å². The van der Waals surface area contributed by atoms with Gasteiger partial charge in [-0.2, -0.15) is 0 Å². The first-order chi connectivity index (χ1) is 37.2. The lowest BCUT2D eigenvalue weighted by Gasteiger charge is -2.30. The average Bonchev–Trinajstić information content (AvgIpc) is 3.50. The third-order valence-corrected chi connectivity index (χ3v) is 14.2. The zero-order valence-electron chi connectivity index (χ0n) is 43.4. The number of benzene rings is 10. The zero-order chi connectivity index (χ0) is 52.4. The van der Waals surface area contributed by atoms with Gasteiger partial charge in [0.15, 0.2) is 0 Å². The van der Waals surface area contributed by atoms with Crippen molar-refractivity contribution in [2.75, 3.05) is 24.0 Å². The normalized spacial score (nSPS) is 10.9. The van der Waals surface area contributed by atoms with E-state index in [2.05, 4.69) is 254 Å². The lowest BCUT2D eigenvalue weighted by molar-refractivity contribution is -0.141. The van der Waals surface area contributed by atoms with Crippen LogP contribution in [0.2, 0.25) is 0 Å². The van der Waals surface area contributed by atoms with Crippen LogP contribution >= 0.6 is 0 Å². The van der Waals surface area contributed by atoms with Crippen LogP contribution in [0.25, 0.3) is 55.6 Å². The van der Waals surface area contributed by atoms with Crippen molar-refractivity contribution in [2.24, 2.45) is 0 Å². The van der Waals surface area contributed by atoms with Crippen molar-refractivity contribution < 1.29 is 19.1 Å². The van der Waals surface area contributed by atoms with Crippen LogP contribution in [0.4, 0.5) is 34.1 Å². The fraction of sp³-hybridized carbons (Fsp3) is 0.114. The van der Waals surface area contributed by atoms with E-state index in [9.17, 15) is 9.59 Å². The number of nitrogens with zero attached hydrogens (tertiary/aromatic N) is 2. The van der Waals surface area contributed by atoms with Crippen LogP contribution in [0.5, 0.6) is 0 Å². The highest BCUT2D eigenvalue weighted by atomic mass is 16.5. The Morgan fingerprint density at radius 2 is 0.645 bits per heavy atom. The molecule has 0 fully saturated rings. The summed E-state index contributed by atoms with van der Waals surface area (Å²) in [4.78, 5) is 28.8. The predicted molar refractivity (Wildman–Crippen MR) is 313 cm³/mol. The molecule has 0 unspecified atom stereocenters. The molecule has 6 heteroatoms. The molecule has 374 valence electrons. The minimum atomic E-state index is -0.220. The van der Waals surface area contributed by atoms with Gasteiger partial charge in [0.05, 0.1) is 25.6 Å². The largest absolute Gasteiger partial charge is 0.469 e. The fourth-order valence-corrected chi connectivity index (χ4v) is 10.1. The van der Waals surface area contributed by atoms with Crippen LogP contribution in [0.15, 0.2) is 243 Å². The Balaban J connectivity index is 1.02. The van der Waals surface area contributed by atoms with Crippen molar-refractivity contribution in [1.82, 2.24) is 0 Å². The molecular weight excluding hydrogens is 933 g/mol. The third-order valence-electron chi connectivity index (χ3n) is 14.2. The molecule has 0 aliphatic heterocycles. The number of hydrogen-bond donors (Lipinski definition) is 0. The molecule has 10 rings (SSSR count). The number of methoxy groups -OCH3 is 2. The molecule has 0 radical (unpaired) electrons. The first-order valence-corrected chi connectivity index (χ1v) is 25.9. The van der Waals surface area contributed by atoms with Gasteiger partial charge < -0.3 is 19.3 Å². The highest BCUT2D eigenvalue weighted by Crippen LogP contribution is 2.46. The second-order valence-corrected chi connectivity index (χ2v) is 19.1. The number of anilines is 6.